The fourth-order valence-corrected chi connectivity index (χ4v) is 4.59. The summed E-state index contributed by atoms with van der Waals surface area (Å²) in [6, 6.07) is 4.08. The van der Waals surface area contributed by atoms with E-state index in [4.69, 9.17) is 14.2 Å². The van der Waals surface area contributed by atoms with Gasteiger partial charge in [0, 0.05) is 23.6 Å². The largest absolute Gasteiger partial charge is 0.507 e. The van der Waals surface area contributed by atoms with E-state index in [9.17, 15) is 24.6 Å². The molecule has 8 nitrogen and oxygen atoms in total. The van der Waals surface area contributed by atoms with Gasteiger partial charge in [-0.1, -0.05) is 0 Å². The van der Waals surface area contributed by atoms with Crippen LogP contribution in [0.2, 0.25) is 0 Å². The second-order valence-corrected chi connectivity index (χ2v) is 8.69. The summed E-state index contributed by atoms with van der Waals surface area (Å²) in [5, 5.41) is 21.0. The molecule has 1 aliphatic heterocycles. The van der Waals surface area contributed by atoms with Gasteiger partial charge in [-0.3, -0.25) is 14.4 Å². The van der Waals surface area contributed by atoms with Crippen LogP contribution in [-0.4, -0.2) is 53.7 Å². The van der Waals surface area contributed by atoms with Crippen LogP contribution in [0.25, 0.3) is 0 Å². The number of phenolic OH excluding ortho intramolecular Hbond substituents is 2. The van der Waals surface area contributed by atoms with E-state index in [1.54, 1.807) is 6.92 Å². The summed E-state index contributed by atoms with van der Waals surface area (Å²) in [5.74, 6) is -2.78. The van der Waals surface area contributed by atoms with E-state index in [-0.39, 0.29) is 69.0 Å². The Morgan fingerprint density at radius 1 is 1.09 bits per heavy atom. The summed E-state index contributed by atoms with van der Waals surface area (Å²) in [6.45, 7) is 2.58. The Bertz CT molecular complexity index is 1150. The van der Waals surface area contributed by atoms with Crippen molar-refractivity contribution in [3.63, 3.8) is 0 Å². The Kier molecular flexibility index (Phi) is 5.83. The van der Waals surface area contributed by atoms with Crippen molar-refractivity contribution in [2.75, 3.05) is 20.3 Å². The number of benzene rings is 2. The van der Waals surface area contributed by atoms with Crippen molar-refractivity contribution >= 4 is 33.3 Å². The number of carbonyl (C=O) groups is 3. The second-order valence-electron chi connectivity index (χ2n) is 7.89. The van der Waals surface area contributed by atoms with Gasteiger partial charge in [0.15, 0.2) is 17.4 Å². The van der Waals surface area contributed by atoms with Gasteiger partial charge >= 0.3 is 0 Å². The van der Waals surface area contributed by atoms with Crippen LogP contribution < -0.4 is 4.74 Å². The van der Waals surface area contributed by atoms with Crippen molar-refractivity contribution < 1.29 is 38.8 Å². The summed E-state index contributed by atoms with van der Waals surface area (Å²) in [4.78, 5) is 38.6. The molecule has 1 fully saturated rings. The van der Waals surface area contributed by atoms with Crippen LogP contribution in [0, 0.1) is 0 Å². The number of rotatable bonds is 6. The standard InChI is InChI=1S/C23H21BrO8/c1-23(31-5-6-32-23)10-12(25)4-3-11-7-14-18(22(29)19(11)24)21(28)15-8-13(30-2)9-16(26)17(15)20(14)27/h7-9,26,29H,3-6,10H2,1-2H3. The molecule has 0 aromatic heterocycles. The van der Waals surface area contributed by atoms with Gasteiger partial charge in [-0.05, 0) is 47.0 Å². The molecule has 1 saturated heterocycles. The summed E-state index contributed by atoms with van der Waals surface area (Å²) in [6.07, 6.45) is 0.432. The summed E-state index contributed by atoms with van der Waals surface area (Å²) < 4.78 is 16.2. The molecule has 2 N–H and O–H groups in total. The minimum absolute atomic E-state index is 0.0273. The predicted octanol–water partition coefficient (Wildman–Crippen LogP) is 3.30. The van der Waals surface area contributed by atoms with Crippen LogP contribution in [0.3, 0.4) is 0 Å². The minimum Gasteiger partial charge on any atom is -0.507 e. The van der Waals surface area contributed by atoms with Gasteiger partial charge in [0.05, 0.1) is 42.3 Å². The molecule has 0 bridgehead atoms. The third-order valence-electron chi connectivity index (χ3n) is 5.67. The SMILES string of the molecule is COc1cc(O)c2c(c1)C(=O)c1c(cc(CCC(=O)CC3(C)OCCO3)c(Br)c1O)C2=O. The first kappa shape index (κ1) is 22.4. The summed E-state index contributed by atoms with van der Waals surface area (Å²) in [7, 11) is 1.37. The van der Waals surface area contributed by atoms with Crippen molar-refractivity contribution in [1.29, 1.82) is 0 Å². The highest BCUT2D eigenvalue weighted by atomic mass is 79.9. The Morgan fingerprint density at radius 2 is 1.72 bits per heavy atom. The van der Waals surface area contributed by atoms with Gasteiger partial charge in [0.25, 0.3) is 0 Å². The maximum Gasteiger partial charge on any atom is 0.198 e. The number of phenols is 2. The normalized spacial score (nSPS) is 16.6. The van der Waals surface area contributed by atoms with Crippen molar-refractivity contribution in [2.24, 2.45) is 0 Å². The molecule has 0 atom stereocenters. The Hall–Kier alpha value is -2.75. The van der Waals surface area contributed by atoms with E-state index >= 15 is 0 Å². The van der Waals surface area contributed by atoms with Crippen LogP contribution >= 0.6 is 15.9 Å². The zero-order valence-electron chi connectivity index (χ0n) is 17.5. The lowest BCUT2D eigenvalue weighted by atomic mass is 9.81. The van der Waals surface area contributed by atoms with Crippen LogP contribution in [0.5, 0.6) is 17.2 Å². The number of methoxy groups -OCH3 is 1. The van der Waals surface area contributed by atoms with Crippen LogP contribution in [0.4, 0.5) is 0 Å². The van der Waals surface area contributed by atoms with Gasteiger partial charge in [-0.25, -0.2) is 0 Å². The second kappa shape index (κ2) is 8.31. The molecular weight excluding hydrogens is 484 g/mol. The maximum atomic E-state index is 13.1. The first-order valence-corrected chi connectivity index (χ1v) is 10.8. The van der Waals surface area contributed by atoms with Crippen LogP contribution in [0.15, 0.2) is 22.7 Å². The number of hydrogen-bond donors (Lipinski definition) is 2. The highest BCUT2D eigenvalue weighted by Gasteiger charge is 2.37. The topological polar surface area (TPSA) is 119 Å². The fourth-order valence-electron chi connectivity index (χ4n) is 4.08. The van der Waals surface area contributed by atoms with Crippen molar-refractivity contribution in [3.8, 4) is 17.2 Å². The van der Waals surface area contributed by atoms with Gasteiger partial charge < -0.3 is 24.4 Å². The van der Waals surface area contributed by atoms with Crippen LogP contribution in [0.1, 0.15) is 57.2 Å². The van der Waals surface area contributed by atoms with E-state index in [1.165, 1.54) is 25.3 Å². The monoisotopic (exact) mass is 504 g/mol. The highest BCUT2D eigenvalue weighted by molar-refractivity contribution is 9.10. The average molecular weight is 505 g/mol. The number of Topliss-reactive ketones (excluding diaryl/α,β-unsaturated/α-hetero) is 1. The molecule has 0 radical (unpaired) electrons. The van der Waals surface area contributed by atoms with E-state index in [2.05, 4.69) is 15.9 Å². The number of halogens is 1. The molecule has 4 rings (SSSR count). The van der Waals surface area contributed by atoms with Crippen molar-refractivity contribution in [2.45, 2.75) is 32.0 Å². The Balaban J connectivity index is 1.65. The Morgan fingerprint density at radius 3 is 2.38 bits per heavy atom. The summed E-state index contributed by atoms with van der Waals surface area (Å²) in [5.41, 5.74) is 0.119. The van der Waals surface area contributed by atoms with Gasteiger partial charge in [0.2, 0.25) is 0 Å². The molecule has 0 saturated carbocycles. The minimum atomic E-state index is -0.934. The van der Waals surface area contributed by atoms with E-state index in [1.807, 2.05) is 0 Å². The average Bonchev–Trinajstić information content (AvgIpc) is 3.18. The first-order valence-electron chi connectivity index (χ1n) is 9.99. The number of ketones is 3. The van der Waals surface area contributed by atoms with Crippen molar-refractivity contribution in [3.05, 3.63) is 50.5 Å². The van der Waals surface area contributed by atoms with E-state index in [0.29, 0.717) is 18.8 Å². The number of hydrogen-bond acceptors (Lipinski definition) is 8. The summed E-state index contributed by atoms with van der Waals surface area (Å²) >= 11 is 3.29. The molecule has 2 aromatic rings. The van der Waals surface area contributed by atoms with Gasteiger partial charge in [0.1, 0.15) is 23.0 Å². The Labute approximate surface area is 192 Å². The van der Waals surface area contributed by atoms with Crippen molar-refractivity contribution in [1.82, 2.24) is 0 Å². The lowest BCUT2D eigenvalue weighted by Crippen LogP contribution is -2.29. The highest BCUT2D eigenvalue weighted by Crippen LogP contribution is 2.43. The smallest absolute Gasteiger partial charge is 0.198 e. The quantitative estimate of drug-likeness (QED) is 0.524. The first-order chi connectivity index (χ1) is 15.1. The lowest BCUT2D eigenvalue weighted by Gasteiger charge is -2.22. The molecule has 1 heterocycles. The van der Waals surface area contributed by atoms with E-state index in [0.717, 1.165) is 0 Å². The fraction of sp³-hybridized carbons (Fsp3) is 0.348. The molecular formula is C23H21BrO8. The molecule has 9 heteroatoms. The zero-order valence-corrected chi connectivity index (χ0v) is 19.1. The van der Waals surface area contributed by atoms with Gasteiger partial charge in [-0.2, -0.15) is 0 Å². The molecule has 32 heavy (non-hydrogen) atoms. The van der Waals surface area contributed by atoms with Gasteiger partial charge in [-0.15, -0.1) is 0 Å². The lowest BCUT2D eigenvalue weighted by molar-refractivity contribution is -0.158. The number of carbonyl (C=O) groups excluding carboxylic acids is 3. The predicted molar refractivity (Wildman–Crippen MR) is 116 cm³/mol. The number of aromatic hydroxyl groups is 2. The third kappa shape index (κ3) is 3.80. The zero-order chi connectivity index (χ0) is 23.2. The molecule has 168 valence electrons. The molecule has 2 aromatic carbocycles. The van der Waals surface area contributed by atoms with Crippen LogP contribution in [-0.2, 0) is 20.7 Å². The van der Waals surface area contributed by atoms with E-state index < -0.39 is 17.4 Å². The third-order valence-corrected chi connectivity index (χ3v) is 6.56. The molecule has 2 aliphatic rings. The molecule has 0 amide bonds. The molecule has 1 aliphatic carbocycles. The number of fused-ring (bicyclic) bond motifs is 2. The molecule has 0 spiro atoms. The molecule has 0 unspecified atom stereocenters. The number of aryl methyl sites for hydroxylation is 1. The maximum absolute atomic E-state index is 13.1. The number of ether oxygens (including phenoxy) is 3.